The predicted molar refractivity (Wildman–Crippen MR) is 145 cm³/mol. The molecule has 0 amide bonds. The molecule has 0 spiro atoms. The van der Waals surface area contributed by atoms with E-state index in [9.17, 15) is 0 Å². The maximum absolute atomic E-state index is 5.43. The van der Waals surface area contributed by atoms with Gasteiger partial charge in [-0.05, 0) is 36.6 Å². The Bertz CT molecular complexity index is 1030. The number of hydrogen-bond acceptors (Lipinski definition) is 4. The van der Waals surface area contributed by atoms with Crippen molar-refractivity contribution >= 4 is 41.0 Å². The molecule has 2 N–H and O–H groups in total. The molecule has 2 heterocycles. The van der Waals surface area contributed by atoms with Crippen LogP contribution in [0.15, 0.2) is 53.5 Å². The highest BCUT2D eigenvalue weighted by Gasteiger charge is 2.10. The first kappa shape index (κ1) is 25.5. The van der Waals surface area contributed by atoms with E-state index in [-0.39, 0.29) is 24.0 Å². The van der Waals surface area contributed by atoms with E-state index >= 15 is 0 Å². The van der Waals surface area contributed by atoms with Crippen molar-refractivity contribution in [1.29, 1.82) is 0 Å². The Morgan fingerprint density at radius 2 is 1.76 bits per heavy atom. The number of nitrogens with one attached hydrogen (secondary N) is 2. The number of hydrogen-bond donors (Lipinski definition) is 2. The molecule has 178 valence electrons. The van der Waals surface area contributed by atoms with Crippen LogP contribution < -0.4 is 10.6 Å². The van der Waals surface area contributed by atoms with E-state index in [0.717, 1.165) is 76.2 Å². The summed E-state index contributed by atoms with van der Waals surface area (Å²) in [6.07, 6.45) is 0.998. The zero-order valence-electron chi connectivity index (χ0n) is 19.6. The van der Waals surface area contributed by atoms with Crippen molar-refractivity contribution in [2.45, 2.75) is 33.0 Å². The van der Waals surface area contributed by atoms with Crippen LogP contribution in [0, 0.1) is 6.92 Å². The quantitative estimate of drug-likeness (QED) is 0.190. The van der Waals surface area contributed by atoms with Gasteiger partial charge in [0.25, 0.3) is 0 Å². The lowest BCUT2D eigenvalue weighted by Crippen LogP contribution is -2.37. The number of benzene rings is 2. The lowest BCUT2D eigenvalue weighted by atomic mass is 10.1. The molecular weight excluding hydrogens is 527 g/mol. The van der Waals surface area contributed by atoms with E-state index in [1.807, 2.05) is 13.1 Å². The third-order valence-corrected chi connectivity index (χ3v) is 5.91. The standard InChI is InChI=1S/C25H34N6O.HI/c1-20-29-23-6-3-4-7-24(23)31(20)13-5-12-27-25(26-2)28-18-21-8-10-22(11-9-21)19-30-14-16-32-17-15-30;/h3-4,6-11H,5,12-19H2,1-2H3,(H2,26,27,28);1H. The van der Waals surface area contributed by atoms with Crippen LogP contribution in [-0.4, -0.2) is 60.3 Å². The van der Waals surface area contributed by atoms with Gasteiger partial charge in [0.15, 0.2) is 5.96 Å². The van der Waals surface area contributed by atoms with Crippen molar-refractivity contribution in [3.05, 3.63) is 65.5 Å². The van der Waals surface area contributed by atoms with Crippen LogP contribution in [-0.2, 0) is 24.4 Å². The van der Waals surface area contributed by atoms with Crippen LogP contribution >= 0.6 is 24.0 Å². The van der Waals surface area contributed by atoms with Gasteiger partial charge in [-0.1, -0.05) is 36.4 Å². The summed E-state index contributed by atoms with van der Waals surface area (Å²) in [5.41, 5.74) is 4.86. The van der Waals surface area contributed by atoms with Gasteiger partial charge in [-0.15, -0.1) is 24.0 Å². The number of halogens is 1. The van der Waals surface area contributed by atoms with Gasteiger partial charge in [-0.3, -0.25) is 9.89 Å². The van der Waals surface area contributed by atoms with E-state index in [4.69, 9.17) is 4.74 Å². The SMILES string of the molecule is CN=C(NCCCn1c(C)nc2ccccc21)NCc1ccc(CN2CCOCC2)cc1.I. The number of para-hydroxylation sites is 2. The van der Waals surface area contributed by atoms with E-state index in [1.165, 1.54) is 16.6 Å². The minimum atomic E-state index is 0. The third kappa shape index (κ3) is 7.15. The number of imidazole rings is 1. The first-order valence-electron chi connectivity index (χ1n) is 11.5. The Labute approximate surface area is 213 Å². The molecule has 0 aliphatic carbocycles. The minimum absolute atomic E-state index is 0. The van der Waals surface area contributed by atoms with Crippen molar-refractivity contribution in [1.82, 2.24) is 25.1 Å². The second kappa shape index (κ2) is 12.9. The maximum atomic E-state index is 5.43. The van der Waals surface area contributed by atoms with Gasteiger partial charge in [0.05, 0.1) is 24.2 Å². The number of morpholine rings is 1. The van der Waals surface area contributed by atoms with Gasteiger partial charge < -0.3 is 19.9 Å². The topological polar surface area (TPSA) is 66.7 Å². The maximum Gasteiger partial charge on any atom is 0.191 e. The smallest absolute Gasteiger partial charge is 0.191 e. The summed E-state index contributed by atoms with van der Waals surface area (Å²) in [6, 6.07) is 17.1. The summed E-state index contributed by atoms with van der Waals surface area (Å²) in [5, 5.41) is 6.84. The highest BCUT2D eigenvalue weighted by atomic mass is 127. The number of nitrogens with zero attached hydrogens (tertiary/aromatic N) is 4. The van der Waals surface area contributed by atoms with E-state index in [0.29, 0.717) is 0 Å². The number of guanidine groups is 1. The van der Waals surface area contributed by atoms with E-state index in [1.54, 1.807) is 0 Å². The molecule has 4 rings (SSSR count). The third-order valence-electron chi connectivity index (χ3n) is 5.91. The lowest BCUT2D eigenvalue weighted by molar-refractivity contribution is 0.0342. The Morgan fingerprint density at radius 1 is 1.03 bits per heavy atom. The molecule has 33 heavy (non-hydrogen) atoms. The van der Waals surface area contributed by atoms with Crippen molar-refractivity contribution in [2.24, 2.45) is 4.99 Å². The molecule has 2 aromatic carbocycles. The zero-order chi connectivity index (χ0) is 22.2. The predicted octanol–water partition coefficient (Wildman–Crippen LogP) is 3.55. The van der Waals surface area contributed by atoms with Crippen LogP contribution in [0.5, 0.6) is 0 Å². The number of aromatic nitrogens is 2. The fourth-order valence-corrected chi connectivity index (χ4v) is 4.11. The second-order valence-corrected chi connectivity index (χ2v) is 8.21. The van der Waals surface area contributed by atoms with E-state index < -0.39 is 0 Å². The Hall–Kier alpha value is -2.17. The number of aliphatic imine (C=N–C) groups is 1. The number of fused-ring (bicyclic) bond motifs is 1. The van der Waals surface area contributed by atoms with Gasteiger partial charge in [0.2, 0.25) is 0 Å². The molecule has 3 aromatic rings. The van der Waals surface area contributed by atoms with Gasteiger partial charge in [-0.2, -0.15) is 0 Å². The first-order valence-corrected chi connectivity index (χ1v) is 11.5. The Morgan fingerprint density at radius 3 is 2.52 bits per heavy atom. The van der Waals surface area contributed by atoms with E-state index in [2.05, 4.69) is 79.5 Å². The molecule has 7 nitrogen and oxygen atoms in total. The molecule has 1 saturated heterocycles. The second-order valence-electron chi connectivity index (χ2n) is 8.21. The molecule has 1 fully saturated rings. The molecule has 1 aromatic heterocycles. The van der Waals surface area contributed by atoms with Crippen LogP contribution in [0.3, 0.4) is 0 Å². The van der Waals surface area contributed by atoms with Crippen LogP contribution in [0.1, 0.15) is 23.4 Å². The van der Waals surface area contributed by atoms with Crippen LogP contribution in [0.25, 0.3) is 11.0 Å². The molecule has 0 saturated carbocycles. The van der Waals surface area contributed by atoms with Crippen LogP contribution in [0.2, 0.25) is 0 Å². The largest absolute Gasteiger partial charge is 0.379 e. The summed E-state index contributed by atoms with van der Waals surface area (Å²) in [5.74, 6) is 1.89. The summed E-state index contributed by atoms with van der Waals surface area (Å²) in [6.45, 7) is 9.31. The van der Waals surface area contributed by atoms with Crippen molar-refractivity contribution < 1.29 is 4.74 Å². The van der Waals surface area contributed by atoms with Crippen LogP contribution in [0.4, 0.5) is 0 Å². The fraction of sp³-hybridized carbons (Fsp3) is 0.440. The highest BCUT2D eigenvalue weighted by Crippen LogP contribution is 2.15. The molecule has 0 atom stereocenters. The molecule has 0 unspecified atom stereocenters. The average Bonchev–Trinajstić information content (AvgIpc) is 3.15. The molecule has 0 bridgehead atoms. The molecule has 8 heteroatoms. The summed E-state index contributed by atoms with van der Waals surface area (Å²) >= 11 is 0. The molecule has 0 radical (unpaired) electrons. The highest BCUT2D eigenvalue weighted by molar-refractivity contribution is 14.0. The van der Waals surface area contributed by atoms with Gasteiger partial charge in [0, 0.05) is 46.3 Å². The normalized spacial score (nSPS) is 14.8. The molecular formula is C25H35IN6O. The summed E-state index contributed by atoms with van der Waals surface area (Å²) in [7, 11) is 1.81. The Kier molecular flexibility index (Phi) is 9.95. The zero-order valence-corrected chi connectivity index (χ0v) is 21.9. The number of ether oxygens (including phenoxy) is 1. The monoisotopic (exact) mass is 562 g/mol. The Balaban J connectivity index is 0.00000306. The first-order chi connectivity index (χ1) is 15.7. The van der Waals surface area contributed by atoms with Crippen molar-refractivity contribution in [3.8, 4) is 0 Å². The van der Waals surface area contributed by atoms with Crippen molar-refractivity contribution in [3.63, 3.8) is 0 Å². The molecule has 1 aliphatic rings. The number of rotatable bonds is 8. The minimum Gasteiger partial charge on any atom is -0.379 e. The summed E-state index contributed by atoms with van der Waals surface area (Å²) in [4.78, 5) is 11.4. The summed E-state index contributed by atoms with van der Waals surface area (Å²) < 4.78 is 7.71. The van der Waals surface area contributed by atoms with Gasteiger partial charge in [-0.25, -0.2) is 4.98 Å². The fourth-order valence-electron chi connectivity index (χ4n) is 4.11. The lowest BCUT2D eigenvalue weighted by Gasteiger charge is -2.26. The average molecular weight is 563 g/mol. The van der Waals surface area contributed by atoms with Crippen molar-refractivity contribution in [2.75, 3.05) is 39.9 Å². The molecule has 1 aliphatic heterocycles. The number of aryl methyl sites for hydroxylation is 2. The van der Waals surface area contributed by atoms with Gasteiger partial charge in [0.1, 0.15) is 5.82 Å². The van der Waals surface area contributed by atoms with Gasteiger partial charge >= 0.3 is 0 Å².